The van der Waals surface area contributed by atoms with Gasteiger partial charge in [0, 0.05) is 7.11 Å². The molecule has 15 heavy (non-hydrogen) atoms. The number of aryl methyl sites for hydroxylation is 1. The maximum Gasteiger partial charge on any atom is 0.0502 e. The van der Waals surface area contributed by atoms with Crippen molar-refractivity contribution in [3.8, 4) is 0 Å². The molecule has 0 aliphatic heterocycles. The summed E-state index contributed by atoms with van der Waals surface area (Å²) in [6, 6.07) is 8.77. The van der Waals surface area contributed by atoms with E-state index in [9.17, 15) is 0 Å². The van der Waals surface area contributed by atoms with Crippen LogP contribution in [0.3, 0.4) is 0 Å². The molecule has 0 bridgehead atoms. The molecule has 0 aliphatic carbocycles. The van der Waals surface area contributed by atoms with Gasteiger partial charge < -0.3 is 4.74 Å². The second-order valence-corrected chi connectivity index (χ2v) is 3.67. The Hall–Kier alpha value is -1.08. The third-order valence-corrected chi connectivity index (χ3v) is 2.42. The van der Waals surface area contributed by atoms with E-state index in [2.05, 4.69) is 43.3 Å². The lowest BCUT2D eigenvalue weighted by molar-refractivity contribution is 0.202. The van der Waals surface area contributed by atoms with E-state index in [-0.39, 0.29) is 0 Å². The third kappa shape index (κ3) is 4.80. The molecular weight excluding hydrogens is 184 g/mol. The maximum atomic E-state index is 5.07. The summed E-state index contributed by atoms with van der Waals surface area (Å²) in [5.74, 6) is 0. The zero-order chi connectivity index (χ0) is 10.9. The number of methoxy groups -OCH3 is 1. The average Bonchev–Trinajstić information content (AvgIpc) is 2.27. The van der Waals surface area contributed by atoms with Gasteiger partial charge in [-0.25, -0.2) is 0 Å². The van der Waals surface area contributed by atoms with Gasteiger partial charge >= 0.3 is 0 Å². The zero-order valence-corrected chi connectivity index (χ0v) is 9.70. The third-order valence-electron chi connectivity index (χ3n) is 2.42. The number of rotatable bonds is 6. The van der Waals surface area contributed by atoms with Crippen LogP contribution in [-0.2, 0) is 17.6 Å². The minimum atomic E-state index is 0.804. The van der Waals surface area contributed by atoms with Crippen molar-refractivity contribution in [1.82, 2.24) is 0 Å². The predicted octanol–water partition coefficient (Wildman–Crippen LogP) is 3.38. The van der Waals surface area contributed by atoms with Crippen LogP contribution in [0, 0.1) is 0 Å². The van der Waals surface area contributed by atoms with Crippen molar-refractivity contribution < 1.29 is 4.74 Å². The molecule has 0 saturated carbocycles. The number of allylic oxidation sites excluding steroid dienone is 2. The van der Waals surface area contributed by atoms with Gasteiger partial charge in [-0.3, -0.25) is 0 Å². The minimum absolute atomic E-state index is 0.804. The molecule has 0 amide bonds. The molecule has 0 aliphatic rings. The Morgan fingerprint density at radius 2 is 1.93 bits per heavy atom. The highest BCUT2D eigenvalue weighted by Crippen LogP contribution is 2.08. The van der Waals surface area contributed by atoms with E-state index >= 15 is 0 Å². The molecule has 0 fully saturated rings. The first kappa shape index (κ1) is 12.0. The van der Waals surface area contributed by atoms with Gasteiger partial charge in [0.25, 0.3) is 0 Å². The summed E-state index contributed by atoms with van der Waals surface area (Å²) in [5.41, 5.74) is 2.79. The first-order chi connectivity index (χ1) is 7.36. The topological polar surface area (TPSA) is 9.23 Å². The van der Waals surface area contributed by atoms with Gasteiger partial charge in [0.2, 0.25) is 0 Å². The Morgan fingerprint density at radius 1 is 1.20 bits per heavy atom. The molecule has 1 nitrogen and oxygen atoms in total. The molecule has 1 aromatic carbocycles. The molecular formula is C14H20O. The molecule has 82 valence electrons. The van der Waals surface area contributed by atoms with Gasteiger partial charge in [-0.2, -0.15) is 0 Å². The number of hydrogen-bond donors (Lipinski definition) is 0. The summed E-state index contributed by atoms with van der Waals surface area (Å²) in [5, 5.41) is 0. The van der Waals surface area contributed by atoms with Crippen LogP contribution >= 0.6 is 0 Å². The molecule has 1 rings (SSSR count). The fourth-order valence-electron chi connectivity index (χ4n) is 1.58. The van der Waals surface area contributed by atoms with E-state index in [1.54, 1.807) is 7.11 Å². The standard InChI is InChI=1S/C14H20O/c1-3-4-5-7-13-8-6-9-14(12-13)10-11-15-2/h3-4,6,8-9,12H,5,7,10-11H2,1-2H3/b4-3+. The highest BCUT2D eigenvalue weighted by molar-refractivity contribution is 5.24. The molecule has 0 N–H and O–H groups in total. The van der Waals surface area contributed by atoms with Crippen LogP contribution in [0.25, 0.3) is 0 Å². The Labute approximate surface area is 92.8 Å². The molecule has 0 saturated heterocycles. The summed E-state index contributed by atoms with van der Waals surface area (Å²) in [7, 11) is 1.75. The highest BCUT2D eigenvalue weighted by atomic mass is 16.5. The second kappa shape index (κ2) is 7.24. The molecule has 0 heterocycles. The SMILES string of the molecule is C/C=C/CCc1cccc(CCOC)c1. The van der Waals surface area contributed by atoms with Crippen LogP contribution in [0.15, 0.2) is 36.4 Å². The minimum Gasteiger partial charge on any atom is -0.384 e. The monoisotopic (exact) mass is 204 g/mol. The van der Waals surface area contributed by atoms with Gasteiger partial charge in [0.1, 0.15) is 0 Å². The average molecular weight is 204 g/mol. The van der Waals surface area contributed by atoms with Crippen LogP contribution in [0.2, 0.25) is 0 Å². The van der Waals surface area contributed by atoms with Crippen LogP contribution in [-0.4, -0.2) is 13.7 Å². The quantitative estimate of drug-likeness (QED) is 0.645. The molecule has 0 radical (unpaired) electrons. The smallest absolute Gasteiger partial charge is 0.0502 e. The fourth-order valence-corrected chi connectivity index (χ4v) is 1.58. The van der Waals surface area contributed by atoms with Gasteiger partial charge in [0.05, 0.1) is 6.61 Å². The van der Waals surface area contributed by atoms with Gasteiger partial charge in [-0.15, -0.1) is 0 Å². The first-order valence-corrected chi connectivity index (χ1v) is 5.54. The van der Waals surface area contributed by atoms with Gasteiger partial charge in [0.15, 0.2) is 0 Å². The van der Waals surface area contributed by atoms with Crippen molar-refractivity contribution in [3.05, 3.63) is 47.5 Å². The van der Waals surface area contributed by atoms with E-state index in [0.717, 1.165) is 25.9 Å². The lowest BCUT2D eigenvalue weighted by atomic mass is 10.0. The van der Waals surface area contributed by atoms with Crippen LogP contribution in [0.4, 0.5) is 0 Å². The van der Waals surface area contributed by atoms with E-state index in [4.69, 9.17) is 4.74 Å². The number of hydrogen-bond acceptors (Lipinski definition) is 1. The van der Waals surface area contributed by atoms with Crippen LogP contribution in [0.1, 0.15) is 24.5 Å². The predicted molar refractivity (Wildman–Crippen MR) is 65.2 cm³/mol. The van der Waals surface area contributed by atoms with E-state index in [0.29, 0.717) is 0 Å². The summed E-state index contributed by atoms with van der Waals surface area (Å²) < 4.78 is 5.07. The van der Waals surface area contributed by atoms with Crippen molar-refractivity contribution in [2.24, 2.45) is 0 Å². The van der Waals surface area contributed by atoms with Gasteiger partial charge in [-0.05, 0) is 37.3 Å². The van der Waals surface area contributed by atoms with Crippen molar-refractivity contribution in [1.29, 1.82) is 0 Å². The van der Waals surface area contributed by atoms with Crippen molar-refractivity contribution in [2.45, 2.75) is 26.2 Å². The molecule has 0 aromatic heterocycles. The van der Waals surface area contributed by atoms with E-state index < -0.39 is 0 Å². The highest BCUT2D eigenvalue weighted by Gasteiger charge is 1.95. The Morgan fingerprint density at radius 3 is 2.60 bits per heavy atom. The van der Waals surface area contributed by atoms with Gasteiger partial charge in [-0.1, -0.05) is 36.4 Å². The molecule has 0 spiro atoms. The lowest BCUT2D eigenvalue weighted by Crippen LogP contribution is -1.95. The maximum absolute atomic E-state index is 5.07. The van der Waals surface area contributed by atoms with E-state index in [1.165, 1.54) is 11.1 Å². The van der Waals surface area contributed by atoms with Crippen LogP contribution < -0.4 is 0 Å². The lowest BCUT2D eigenvalue weighted by Gasteiger charge is -2.03. The van der Waals surface area contributed by atoms with Crippen molar-refractivity contribution in [3.63, 3.8) is 0 Å². The first-order valence-electron chi connectivity index (χ1n) is 5.54. The Balaban J connectivity index is 2.49. The molecule has 1 aromatic rings. The number of ether oxygens (including phenoxy) is 1. The zero-order valence-electron chi connectivity index (χ0n) is 9.70. The molecule has 1 heteroatoms. The molecule has 0 atom stereocenters. The van der Waals surface area contributed by atoms with Crippen molar-refractivity contribution in [2.75, 3.05) is 13.7 Å². The molecule has 0 unspecified atom stereocenters. The fraction of sp³-hybridized carbons (Fsp3) is 0.429. The summed E-state index contributed by atoms with van der Waals surface area (Å²) in [6.45, 7) is 2.87. The second-order valence-electron chi connectivity index (χ2n) is 3.67. The summed E-state index contributed by atoms with van der Waals surface area (Å²) in [4.78, 5) is 0. The largest absolute Gasteiger partial charge is 0.384 e. The summed E-state index contributed by atoms with van der Waals surface area (Å²) >= 11 is 0. The number of benzene rings is 1. The van der Waals surface area contributed by atoms with Crippen LogP contribution in [0.5, 0.6) is 0 Å². The van der Waals surface area contributed by atoms with Crippen molar-refractivity contribution >= 4 is 0 Å². The Kier molecular flexibility index (Phi) is 5.79. The Bertz CT molecular complexity index is 302. The van der Waals surface area contributed by atoms with E-state index in [1.807, 2.05) is 0 Å². The summed E-state index contributed by atoms with van der Waals surface area (Å²) in [6.07, 6.45) is 7.58. The normalized spacial score (nSPS) is 11.1.